The Morgan fingerprint density at radius 2 is 1.86 bits per heavy atom. The summed E-state index contributed by atoms with van der Waals surface area (Å²) in [6.45, 7) is 1.97. The van der Waals surface area contributed by atoms with Gasteiger partial charge in [0.15, 0.2) is 5.82 Å². The van der Waals surface area contributed by atoms with Crippen molar-refractivity contribution in [3.63, 3.8) is 0 Å². The lowest BCUT2D eigenvalue weighted by Gasteiger charge is -2.11. The zero-order valence-electron chi connectivity index (χ0n) is 15.1. The van der Waals surface area contributed by atoms with E-state index in [0.29, 0.717) is 12.1 Å². The molecule has 0 aliphatic heterocycles. The lowest BCUT2D eigenvalue weighted by Crippen LogP contribution is -2.16. The number of anilines is 1. The summed E-state index contributed by atoms with van der Waals surface area (Å²) in [7, 11) is 0. The van der Waals surface area contributed by atoms with Crippen LogP contribution in [0.5, 0.6) is 0 Å². The first-order chi connectivity index (χ1) is 13.7. The first-order valence-corrected chi connectivity index (χ1v) is 8.73. The van der Waals surface area contributed by atoms with Gasteiger partial charge in [-0.2, -0.15) is 4.68 Å². The largest absolute Gasteiger partial charge is 0.324 e. The molecular weight excluding hydrogens is 358 g/mol. The van der Waals surface area contributed by atoms with Crippen LogP contribution in [0.3, 0.4) is 0 Å². The first kappa shape index (κ1) is 17.5. The second-order valence-corrected chi connectivity index (χ2v) is 6.02. The molecule has 28 heavy (non-hydrogen) atoms. The Kier molecular flexibility index (Phi) is 4.83. The monoisotopic (exact) mass is 375 g/mol. The number of nitrogens with one attached hydrogen (secondary N) is 1. The number of aromatic nitrogens is 8. The topological polar surface area (TPSA) is 116 Å². The van der Waals surface area contributed by atoms with Gasteiger partial charge in [0.1, 0.15) is 6.33 Å². The summed E-state index contributed by atoms with van der Waals surface area (Å²) in [6, 6.07) is 14.9. The minimum atomic E-state index is -0.131. The molecule has 2 aromatic heterocycles. The number of carbonyl (C=O) groups excluding carboxylic acids is 1. The van der Waals surface area contributed by atoms with Crippen LogP contribution >= 0.6 is 0 Å². The number of tetrazole rings is 2. The summed E-state index contributed by atoms with van der Waals surface area (Å²) in [5.41, 5.74) is 3.08. The molecule has 0 atom stereocenters. The van der Waals surface area contributed by atoms with Gasteiger partial charge in [-0.15, -0.1) is 10.2 Å². The van der Waals surface area contributed by atoms with E-state index in [1.807, 2.05) is 55.5 Å². The van der Waals surface area contributed by atoms with Crippen molar-refractivity contribution in [2.75, 3.05) is 5.32 Å². The molecule has 2 heterocycles. The van der Waals surface area contributed by atoms with Gasteiger partial charge < -0.3 is 5.32 Å². The molecule has 1 N–H and O–H groups in total. The minimum absolute atomic E-state index is 0.131. The van der Waals surface area contributed by atoms with Gasteiger partial charge in [0.2, 0.25) is 5.91 Å². The highest BCUT2D eigenvalue weighted by atomic mass is 16.1. The average molecular weight is 375 g/mol. The number of aryl methyl sites for hydroxylation is 1. The van der Waals surface area contributed by atoms with Crippen molar-refractivity contribution in [1.29, 1.82) is 0 Å². The molecule has 0 aliphatic rings. The van der Waals surface area contributed by atoms with E-state index < -0.39 is 0 Å². The van der Waals surface area contributed by atoms with Crippen LogP contribution in [0.25, 0.3) is 11.4 Å². The maximum absolute atomic E-state index is 12.6. The zero-order valence-corrected chi connectivity index (χ0v) is 15.1. The number of para-hydroxylation sites is 2. The van der Waals surface area contributed by atoms with Crippen LogP contribution in [0.2, 0.25) is 0 Å². The van der Waals surface area contributed by atoms with Crippen LogP contribution in [0.15, 0.2) is 54.9 Å². The van der Waals surface area contributed by atoms with Crippen molar-refractivity contribution in [1.82, 2.24) is 40.4 Å². The van der Waals surface area contributed by atoms with E-state index in [1.165, 1.54) is 6.33 Å². The van der Waals surface area contributed by atoms with Crippen molar-refractivity contribution in [2.45, 2.75) is 19.8 Å². The highest BCUT2D eigenvalue weighted by molar-refractivity contribution is 5.94. The molecule has 0 unspecified atom stereocenters. The normalized spacial score (nSPS) is 10.8. The highest BCUT2D eigenvalue weighted by Gasteiger charge is 2.13. The van der Waals surface area contributed by atoms with Crippen molar-refractivity contribution in [3.8, 4) is 11.4 Å². The van der Waals surface area contributed by atoms with E-state index in [2.05, 4.69) is 36.4 Å². The molecule has 4 rings (SSSR count). The fourth-order valence-corrected chi connectivity index (χ4v) is 2.80. The molecule has 10 heteroatoms. The van der Waals surface area contributed by atoms with Gasteiger partial charge in [-0.3, -0.25) is 4.79 Å². The third kappa shape index (κ3) is 3.61. The molecule has 140 valence electrons. The van der Waals surface area contributed by atoms with Crippen molar-refractivity contribution in [3.05, 3.63) is 66.2 Å². The molecule has 0 bridgehead atoms. The average Bonchev–Trinajstić information content (AvgIpc) is 3.41. The van der Waals surface area contributed by atoms with Crippen LogP contribution in [-0.4, -0.2) is 46.3 Å². The van der Waals surface area contributed by atoms with Gasteiger partial charge in [-0.25, -0.2) is 4.68 Å². The Balaban J connectivity index is 1.49. The molecule has 0 saturated carbocycles. The van der Waals surface area contributed by atoms with E-state index in [4.69, 9.17) is 0 Å². The van der Waals surface area contributed by atoms with Crippen LogP contribution in [0.1, 0.15) is 18.3 Å². The van der Waals surface area contributed by atoms with E-state index in [0.717, 1.165) is 22.8 Å². The number of amides is 1. The second kappa shape index (κ2) is 7.74. The van der Waals surface area contributed by atoms with E-state index in [-0.39, 0.29) is 12.3 Å². The maximum atomic E-state index is 12.6. The maximum Gasteiger partial charge on any atom is 0.228 e. The summed E-state index contributed by atoms with van der Waals surface area (Å²) in [5, 5.41) is 25.8. The number of hydrogen-bond donors (Lipinski definition) is 1. The van der Waals surface area contributed by atoms with Crippen LogP contribution < -0.4 is 5.32 Å². The second-order valence-electron chi connectivity index (χ2n) is 6.02. The Morgan fingerprint density at radius 3 is 2.61 bits per heavy atom. The van der Waals surface area contributed by atoms with Gasteiger partial charge in [0.05, 0.1) is 23.5 Å². The molecule has 2 aromatic carbocycles. The highest BCUT2D eigenvalue weighted by Crippen LogP contribution is 2.20. The number of carbonyl (C=O) groups is 1. The van der Waals surface area contributed by atoms with Gasteiger partial charge in [-0.1, -0.05) is 31.2 Å². The van der Waals surface area contributed by atoms with Crippen molar-refractivity contribution < 1.29 is 4.79 Å². The van der Waals surface area contributed by atoms with Crippen molar-refractivity contribution in [2.24, 2.45) is 0 Å². The van der Waals surface area contributed by atoms with Crippen molar-refractivity contribution >= 4 is 11.6 Å². The SMILES string of the molecule is CCc1nnnn1-c1ccccc1NC(=O)Cc1ccc(-n2cnnn2)cc1. The summed E-state index contributed by atoms with van der Waals surface area (Å²) in [6.07, 6.45) is 2.44. The van der Waals surface area contributed by atoms with Gasteiger partial charge in [-0.05, 0) is 50.7 Å². The fourth-order valence-electron chi connectivity index (χ4n) is 2.80. The Hall–Kier alpha value is -3.95. The molecule has 10 nitrogen and oxygen atoms in total. The van der Waals surface area contributed by atoms with Crippen LogP contribution in [0, 0.1) is 0 Å². The Labute approximate surface area is 160 Å². The molecular formula is C18H17N9O. The summed E-state index contributed by atoms with van der Waals surface area (Å²) >= 11 is 0. The quantitative estimate of drug-likeness (QED) is 0.541. The molecule has 0 radical (unpaired) electrons. The molecule has 0 spiro atoms. The number of rotatable bonds is 6. The predicted molar refractivity (Wildman–Crippen MR) is 100 cm³/mol. The smallest absolute Gasteiger partial charge is 0.228 e. The lowest BCUT2D eigenvalue weighted by molar-refractivity contribution is -0.115. The summed E-state index contributed by atoms with van der Waals surface area (Å²) < 4.78 is 3.19. The van der Waals surface area contributed by atoms with Gasteiger partial charge >= 0.3 is 0 Å². The molecule has 0 saturated heterocycles. The van der Waals surface area contributed by atoms with Gasteiger partial charge in [0.25, 0.3) is 0 Å². The van der Waals surface area contributed by atoms with Crippen LogP contribution in [0.4, 0.5) is 5.69 Å². The predicted octanol–water partition coefficient (Wildman–Crippen LogP) is 1.38. The Morgan fingerprint density at radius 1 is 1.04 bits per heavy atom. The van der Waals surface area contributed by atoms with Gasteiger partial charge in [0, 0.05) is 6.42 Å². The third-order valence-corrected chi connectivity index (χ3v) is 4.17. The molecule has 0 fully saturated rings. The lowest BCUT2D eigenvalue weighted by atomic mass is 10.1. The molecule has 1 amide bonds. The number of benzene rings is 2. The van der Waals surface area contributed by atoms with E-state index in [9.17, 15) is 4.79 Å². The number of hydrogen-bond acceptors (Lipinski definition) is 7. The Bertz CT molecular complexity index is 1070. The molecule has 4 aromatic rings. The van der Waals surface area contributed by atoms with E-state index in [1.54, 1.807) is 9.36 Å². The fraction of sp³-hybridized carbons (Fsp3) is 0.167. The number of nitrogens with zero attached hydrogens (tertiary/aromatic N) is 8. The first-order valence-electron chi connectivity index (χ1n) is 8.73. The minimum Gasteiger partial charge on any atom is -0.324 e. The molecule has 0 aliphatic carbocycles. The third-order valence-electron chi connectivity index (χ3n) is 4.17. The van der Waals surface area contributed by atoms with Crippen LogP contribution in [-0.2, 0) is 17.6 Å². The summed E-state index contributed by atoms with van der Waals surface area (Å²) in [5.74, 6) is 0.591. The standard InChI is InChI=1S/C18H17N9O/c1-2-17-21-23-25-27(17)16-6-4-3-5-15(16)20-18(28)11-13-7-9-14(10-8-13)26-12-19-22-24-26/h3-10,12H,2,11H2,1H3,(H,20,28). The summed E-state index contributed by atoms with van der Waals surface area (Å²) in [4.78, 5) is 12.6. The zero-order chi connectivity index (χ0) is 19.3. The van der Waals surface area contributed by atoms with E-state index >= 15 is 0 Å².